The Balaban J connectivity index is 1.24. The molecule has 0 radical (unpaired) electrons. The van der Waals surface area contributed by atoms with E-state index in [-0.39, 0.29) is 13.2 Å². The third-order valence-electron chi connectivity index (χ3n) is 9.91. The predicted molar refractivity (Wildman–Crippen MR) is 204 cm³/mol. The second kappa shape index (κ2) is 12.2. The van der Waals surface area contributed by atoms with E-state index in [9.17, 15) is 5.11 Å². The molecule has 8 aromatic carbocycles. The molecule has 0 aromatic heterocycles. The quantitative estimate of drug-likeness (QED) is 0.190. The van der Waals surface area contributed by atoms with Gasteiger partial charge in [0.2, 0.25) is 0 Å². The van der Waals surface area contributed by atoms with Gasteiger partial charge in [-0.25, -0.2) is 0 Å². The lowest BCUT2D eigenvalue weighted by Gasteiger charge is -2.17. The number of fused-ring (bicyclic) bond motifs is 5. The van der Waals surface area contributed by atoms with Gasteiger partial charge in [-0.3, -0.25) is 0 Å². The SMILES string of the molecule is OCCOc1ccc(-c2cc(-c3ccc4ccccc4c3)cc3c2Cc2ccc(-c4ccc5ccccc5c4)cc2-3)cc1-c1ccccc1. The molecule has 1 N–H and O–H groups in total. The minimum absolute atomic E-state index is 0.0310. The molecular formula is C47H34O2. The largest absolute Gasteiger partial charge is 0.491 e. The van der Waals surface area contributed by atoms with E-state index in [1.165, 1.54) is 71.6 Å². The number of aliphatic hydroxyl groups is 1. The van der Waals surface area contributed by atoms with Crippen molar-refractivity contribution in [2.24, 2.45) is 0 Å². The highest BCUT2D eigenvalue weighted by Gasteiger charge is 2.25. The summed E-state index contributed by atoms with van der Waals surface area (Å²) in [5, 5.41) is 14.5. The number of ether oxygens (including phenoxy) is 1. The summed E-state index contributed by atoms with van der Waals surface area (Å²) in [6.45, 7) is 0.220. The molecule has 2 nitrogen and oxygen atoms in total. The Bertz CT molecular complexity index is 2510. The second-order valence-electron chi connectivity index (χ2n) is 12.9. The normalized spacial score (nSPS) is 11.9. The van der Waals surface area contributed by atoms with E-state index in [4.69, 9.17) is 4.74 Å². The van der Waals surface area contributed by atoms with Crippen molar-refractivity contribution in [2.45, 2.75) is 6.42 Å². The highest BCUT2D eigenvalue weighted by Crippen LogP contribution is 2.47. The lowest BCUT2D eigenvalue weighted by molar-refractivity contribution is 0.202. The maximum atomic E-state index is 9.53. The fourth-order valence-electron chi connectivity index (χ4n) is 7.44. The van der Waals surface area contributed by atoms with Gasteiger partial charge in [-0.1, -0.05) is 121 Å². The average molecular weight is 631 g/mol. The highest BCUT2D eigenvalue weighted by molar-refractivity contribution is 5.95. The summed E-state index contributed by atoms with van der Waals surface area (Å²) in [4.78, 5) is 0. The van der Waals surface area contributed by atoms with Gasteiger partial charge in [0.05, 0.1) is 6.61 Å². The van der Waals surface area contributed by atoms with Crippen LogP contribution in [0.5, 0.6) is 5.75 Å². The average Bonchev–Trinajstić information content (AvgIpc) is 3.54. The number of hydrogen-bond donors (Lipinski definition) is 1. The zero-order valence-corrected chi connectivity index (χ0v) is 27.1. The van der Waals surface area contributed by atoms with Gasteiger partial charge in [0.15, 0.2) is 0 Å². The van der Waals surface area contributed by atoms with Crippen LogP contribution in [0.1, 0.15) is 11.1 Å². The Labute approximate surface area is 286 Å². The van der Waals surface area contributed by atoms with Crippen LogP contribution in [-0.4, -0.2) is 18.3 Å². The van der Waals surface area contributed by atoms with Gasteiger partial charge in [-0.05, 0) is 132 Å². The van der Waals surface area contributed by atoms with Gasteiger partial charge in [0.25, 0.3) is 0 Å². The Morgan fingerprint density at radius 1 is 0.408 bits per heavy atom. The van der Waals surface area contributed by atoms with Crippen molar-refractivity contribution in [2.75, 3.05) is 13.2 Å². The molecule has 0 unspecified atom stereocenters. The molecule has 1 aliphatic rings. The Morgan fingerprint density at radius 2 is 0.959 bits per heavy atom. The van der Waals surface area contributed by atoms with Crippen LogP contribution < -0.4 is 4.74 Å². The summed E-state index contributed by atoms with van der Waals surface area (Å²) in [6, 6.07) is 59.3. The van der Waals surface area contributed by atoms with Crippen molar-refractivity contribution >= 4 is 21.5 Å². The first-order valence-electron chi connectivity index (χ1n) is 16.9. The minimum Gasteiger partial charge on any atom is -0.491 e. The van der Waals surface area contributed by atoms with Crippen molar-refractivity contribution in [1.82, 2.24) is 0 Å². The molecule has 234 valence electrons. The van der Waals surface area contributed by atoms with E-state index in [1.54, 1.807) is 0 Å². The van der Waals surface area contributed by atoms with Crippen molar-refractivity contribution in [3.63, 3.8) is 0 Å². The Morgan fingerprint density at radius 3 is 1.67 bits per heavy atom. The van der Waals surface area contributed by atoms with Crippen molar-refractivity contribution in [3.05, 3.63) is 175 Å². The minimum atomic E-state index is -0.0310. The number of rotatable bonds is 7. The molecule has 0 aliphatic heterocycles. The lowest BCUT2D eigenvalue weighted by Crippen LogP contribution is -2.03. The zero-order valence-electron chi connectivity index (χ0n) is 27.1. The fourth-order valence-corrected chi connectivity index (χ4v) is 7.44. The van der Waals surface area contributed by atoms with Crippen LogP contribution in [0.25, 0.3) is 77.2 Å². The first-order valence-corrected chi connectivity index (χ1v) is 16.9. The maximum absolute atomic E-state index is 9.53. The molecule has 0 saturated carbocycles. The van der Waals surface area contributed by atoms with E-state index in [0.717, 1.165) is 28.9 Å². The van der Waals surface area contributed by atoms with Crippen LogP contribution in [0.4, 0.5) is 0 Å². The summed E-state index contributed by atoms with van der Waals surface area (Å²) in [6.07, 6.45) is 0.874. The summed E-state index contributed by atoms with van der Waals surface area (Å²) in [7, 11) is 0. The van der Waals surface area contributed by atoms with Crippen LogP contribution >= 0.6 is 0 Å². The molecule has 0 amide bonds. The molecule has 0 atom stereocenters. The summed E-state index contributed by atoms with van der Waals surface area (Å²) in [5.41, 5.74) is 14.6. The second-order valence-corrected chi connectivity index (χ2v) is 12.9. The van der Waals surface area contributed by atoms with Gasteiger partial charge in [-0.2, -0.15) is 0 Å². The molecule has 9 rings (SSSR count). The van der Waals surface area contributed by atoms with Gasteiger partial charge >= 0.3 is 0 Å². The predicted octanol–water partition coefficient (Wildman–Crippen LogP) is 11.6. The molecule has 0 saturated heterocycles. The number of aliphatic hydroxyl groups excluding tert-OH is 1. The molecule has 0 fully saturated rings. The van der Waals surface area contributed by atoms with E-state index >= 15 is 0 Å². The molecule has 1 aliphatic carbocycles. The molecular weight excluding hydrogens is 597 g/mol. The summed E-state index contributed by atoms with van der Waals surface area (Å²) >= 11 is 0. The first-order chi connectivity index (χ1) is 24.2. The molecule has 0 spiro atoms. The van der Waals surface area contributed by atoms with E-state index < -0.39 is 0 Å². The van der Waals surface area contributed by atoms with Gasteiger partial charge < -0.3 is 9.84 Å². The summed E-state index contributed by atoms with van der Waals surface area (Å²) < 4.78 is 6.04. The fraction of sp³-hybridized carbons (Fsp3) is 0.0638. The van der Waals surface area contributed by atoms with Crippen LogP contribution in [-0.2, 0) is 6.42 Å². The first kappa shape index (κ1) is 29.2. The van der Waals surface area contributed by atoms with Crippen molar-refractivity contribution in [1.29, 1.82) is 0 Å². The van der Waals surface area contributed by atoms with Gasteiger partial charge in [0.1, 0.15) is 12.4 Å². The van der Waals surface area contributed by atoms with Crippen LogP contribution in [0.15, 0.2) is 164 Å². The number of benzene rings is 8. The van der Waals surface area contributed by atoms with Crippen molar-refractivity contribution in [3.8, 4) is 61.4 Å². The standard InChI is InChI=1S/C47H34O2/c48-22-23-49-47-21-20-40(27-44(47)33-10-2-1-3-11-33)43-29-41(37-17-15-32-9-5-7-13-35(32)25-37)30-46-42-26-38(18-19-39(42)28-45(43)46)36-16-14-31-8-4-6-12-34(31)24-36/h1-21,24-27,29-30,48H,22-23,28H2. The monoisotopic (exact) mass is 630 g/mol. The topological polar surface area (TPSA) is 29.5 Å². The van der Waals surface area contributed by atoms with Gasteiger partial charge in [-0.15, -0.1) is 0 Å². The molecule has 0 bridgehead atoms. The maximum Gasteiger partial charge on any atom is 0.127 e. The third-order valence-corrected chi connectivity index (χ3v) is 9.91. The van der Waals surface area contributed by atoms with Crippen molar-refractivity contribution < 1.29 is 9.84 Å². The van der Waals surface area contributed by atoms with Crippen LogP contribution in [0.3, 0.4) is 0 Å². The highest BCUT2D eigenvalue weighted by atomic mass is 16.5. The summed E-state index contributed by atoms with van der Waals surface area (Å²) in [5.74, 6) is 0.773. The third kappa shape index (κ3) is 5.37. The van der Waals surface area contributed by atoms with Crippen LogP contribution in [0, 0.1) is 0 Å². The molecule has 8 aromatic rings. The molecule has 49 heavy (non-hydrogen) atoms. The lowest BCUT2D eigenvalue weighted by atomic mass is 9.89. The molecule has 2 heteroatoms. The smallest absolute Gasteiger partial charge is 0.127 e. The number of hydrogen-bond acceptors (Lipinski definition) is 2. The Kier molecular flexibility index (Phi) is 7.30. The van der Waals surface area contributed by atoms with E-state index in [2.05, 4.69) is 158 Å². The van der Waals surface area contributed by atoms with Gasteiger partial charge in [0, 0.05) is 5.56 Å². The van der Waals surface area contributed by atoms with E-state index in [1.807, 2.05) is 6.07 Å². The zero-order chi connectivity index (χ0) is 32.7. The van der Waals surface area contributed by atoms with E-state index in [0.29, 0.717) is 0 Å². The Hall–Kier alpha value is -5.96. The molecule has 0 heterocycles. The van der Waals surface area contributed by atoms with Crippen LogP contribution in [0.2, 0.25) is 0 Å².